The number of benzene rings is 1. The quantitative estimate of drug-likeness (QED) is 0.857. The molecule has 1 aliphatic rings. The van der Waals surface area contributed by atoms with Crippen molar-refractivity contribution < 1.29 is 9.59 Å². The highest BCUT2D eigenvalue weighted by Crippen LogP contribution is 2.21. The highest BCUT2D eigenvalue weighted by molar-refractivity contribution is 6.30. The summed E-state index contributed by atoms with van der Waals surface area (Å²) in [7, 11) is 0. The van der Waals surface area contributed by atoms with Crippen molar-refractivity contribution in [2.24, 2.45) is 0 Å². The molecule has 27 heavy (non-hydrogen) atoms. The molecule has 0 atom stereocenters. The third kappa shape index (κ3) is 5.20. The fourth-order valence-electron chi connectivity index (χ4n) is 3.08. The summed E-state index contributed by atoms with van der Waals surface area (Å²) < 4.78 is 0. The maximum Gasteiger partial charge on any atom is 0.226 e. The summed E-state index contributed by atoms with van der Waals surface area (Å²) in [6.07, 6.45) is 1.99. The first-order valence-corrected chi connectivity index (χ1v) is 9.40. The molecule has 0 spiro atoms. The lowest BCUT2D eigenvalue weighted by Gasteiger charge is -2.36. The van der Waals surface area contributed by atoms with Crippen LogP contribution in [-0.4, -0.2) is 47.9 Å². The molecule has 142 valence electrons. The van der Waals surface area contributed by atoms with Crippen LogP contribution in [0.1, 0.15) is 18.4 Å². The highest BCUT2D eigenvalue weighted by atomic mass is 35.5. The number of carbonyl (C=O) groups excluding carboxylic acids is 2. The zero-order chi connectivity index (χ0) is 19.2. The summed E-state index contributed by atoms with van der Waals surface area (Å²) in [5, 5.41) is 3.47. The van der Waals surface area contributed by atoms with Gasteiger partial charge >= 0.3 is 0 Å². The van der Waals surface area contributed by atoms with Crippen molar-refractivity contribution in [2.75, 3.05) is 36.4 Å². The smallest absolute Gasteiger partial charge is 0.226 e. The molecular weight excluding hydrogens is 364 g/mol. The Bertz CT molecular complexity index is 819. The Morgan fingerprint density at radius 3 is 2.59 bits per heavy atom. The Balaban J connectivity index is 1.44. The zero-order valence-electron chi connectivity index (χ0n) is 15.3. The number of piperazine rings is 1. The standard InChI is InChI=1S/C20H23ClN4O2/c1-15-4-3-9-22-20(15)23-18(26)7-8-19(27)25-12-10-24(11-13-25)17-6-2-5-16(21)14-17/h2-6,9,14H,7-8,10-13H2,1H3,(H,22,23,26). The number of carbonyl (C=O) groups is 2. The van der Waals surface area contributed by atoms with Gasteiger partial charge in [0.05, 0.1) is 0 Å². The van der Waals surface area contributed by atoms with Crippen molar-refractivity contribution in [3.8, 4) is 0 Å². The van der Waals surface area contributed by atoms with Gasteiger partial charge in [0.1, 0.15) is 5.82 Å². The molecule has 1 fully saturated rings. The molecule has 3 rings (SSSR count). The van der Waals surface area contributed by atoms with Crippen LogP contribution in [0.5, 0.6) is 0 Å². The van der Waals surface area contributed by atoms with E-state index in [9.17, 15) is 9.59 Å². The van der Waals surface area contributed by atoms with Crippen LogP contribution in [0.3, 0.4) is 0 Å². The van der Waals surface area contributed by atoms with Crippen LogP contribution in [0, 0.1) is 6.92 Å². The van der Waals surface area contributed by atoms with Crippen molar-refractivity contribution in [3.63, 3.8) is 0 Å². The monoisotopic (exact) mass is 386 g/mol. The van der Waals surface area contributed by atoms with Gasteiger partial charge in [0.15, 0.2) is 0 Å². The van der Waals surface area contributed by atoms with E-state index >= 15 is 0 Å². The molecule has 0 bridgehead atoms. The summed E-state index contributed by atoms with van der Waals surface area (Å²) in [4.78, 5) is 32.7. The number of aromatic nitrogens is 1. The third-order valence-electron chi connectivity index (χ3n) is 4.64. The summed E-state index contributed by atoms with van der Waals surface area (Å²) in [6.45, 7) is 4.68. The topological polar surface area (TPSA) is 65.5 Å². The predicted molar refractivity (Wildman–Crippen MR) is 107 cm³/mol. The first-order valence-electron chi connectivity index (χ1n) is 9.02. The number of pyridine rings is 1. The minimum absolute atomic E-state index is 0.00800. The van der Waals surface area contributed by atoms with E-state index in [-0.39, 0.29) is 24.7 Å². The van der Waals surface area contributed by atoms with Gasteiger partial charge in [-0.05, 0) is 36.8 Å². The van der Waals surface area contributed by atoms with Crippen molar-refractivity contribution in [2.45, 2.75) is 19.8 Å². The maximum atomic E-state index is 12.4. The molecule has 1 N–H and O–H groups in total. The Morgan fingerprint density at radius 1 is 1.11 bits per heavy atom. The predicted octanol–water partition coefficient (Wildman–Crippen LogP) is 3.11. The van der Waals surface area contributed by atoms with Crippen LogP contribution < -0.4 is 10.2 Å². The second-order valence-electron chi connectivity index (χ2n) is 6.56. The van der Waals surface area contributed by atoms with E-state index in [1.807, 2.05) is 48.2 Å². The van der Waals surface area contributed by atoms with Crippen molar-refractivity contribution >= 4 is 34.9 Å². The normalized spacial score (nSPS) is 14.1. The molecule has 0 saturated carbocycles. The van der Waals surface area contributed by atoms with Crippen LogP contribution in [0.2, 0.25) is 5.02 Å². The van der Waals surface area contributed by atoms with Crippen LogP contribution in [0.4, 0.5) is 11.5 Å². The highest BCUT2D eigenvalue weighted by Gasteiger charge is 2.22. The van der Waals surface area contributed by atoms with E-state index in [2.05, 4.69) is 15.2 Å². The SMILES string of the molecule is Cc1cccnc1NC(=O)CCC(=O)N1CCN(c2cccc(Cl)c2)CC1. The molecule has 0 radical (unpaired) electrons. The molecule has 0 unspecified atom stereocenters. The molecule has 2 aromatic rings. The summed E-state index contributed by atoms with van der Waals surface area (Å²) in [5.74, 6) is 0.362. The second-order valence-corrected chi connectivity index (χ2v) is 7.00. The average Bonchev–Trinajstić information content (AvgIpc) is 2.68. The molecule has 1 saturated heterocycles. The Morgan fingerprint density at radius 2 is 1.89 bits per heavy atom. The van der Waals surface area contributed by atoms with E-state index in [4.69, 9.17) is 11.6 Å². The molecule has 1 aliphatic heterocycles. The first kappa shape index (κ1) is 19.2. The molecule has 0 aliphatic carbocycles. The van der Waals surface area contributed by atoms with Crippen LogP contribution in [0.25, 0.3) is 0 Å². The van der Waals surface area contributed by atoms with Gasteiger partial charge in [0.2, 0.25) is 11.8 Å². The van der Waals surface area contributed by atoms with Gasteiger partial charge in [-0.25, -0.2) is 4.98 Å². The van der Waals surface area contributed by atoms with E-state index in [0.29, 0.717) is 23.9 Å². The largest absolute Gasteiger partial charge is 0.368 e. The van der Waals surface area contributed by atoms with Crippen LogP contribution in [-0.2, 0) is 9.59 Å². The Labute approximate surface area is 164 Å². The molecule has 2 amide bonds. The molecule has 1 aromatic heterocycles. The average molecular weight is 387 g/mol. The van der Waals surface area contributed by atoms with Crippen LogP contribution >= 0.6 is 11.6 Å². The van der Waals surface area contributed by atoms with Gasteiger partial charge in [-0.2, -0.15) is 0 Å². The van der Waals surface area contributed by atoms with Gasteiger partial charge in [-0.15, -0.1) is 0 Å². The lowest BCUT2D eigenvalue weighted by molar-refractivity contribution is -0.133. The van der Waals surface area contributed by atoms with Gasteiger partial charge in [0.25, 0.3) is 0 Å². The van der Waals surface area contributed by atoms with Crippen LogP contribution in [0.15, 0.2) is 42.6 Å². The number of aryl methyl sites for hydroxylation is 1. The number of nitrogens with zero attached hydrogens (tertiary/aromatic N) is 3. The lowest BCUT2D eigenvalue weighted by Crippen LogP contribution is -2.48. The van der Waals surface area contributed by atoms with Gasteiger partial charge in [0, 0.05) is 55.9 Å². The minimum Gasteiger partial charge on any atom is -0.368 e. The molecule has 7 heteroatoms. The van der Waals surface area contributed by atoms with Crippen molar-refractivity contribution in [1.82, 2.24) is 9.88 Å². The van der Waals surface area contributed by atoms with Gasteiger partial charge in [-0.1, -0.05) is 23.7 Å². The number of halogens is 1. The number of hydrogen-bond donors (Lipinski definition) is 1. The second kappa shape index (κ2) is 8.86. The van der Waals surface area contributed by atoms with E-state index < -0.39 is 0 Å². The number of hydrogen-bond acceptors (Lipinski definition) is 4. The summed E-state index contributed by atoms with van der Waals surface area (Å²) in [6, 6.07) is 11.4. The molecule has 2 heterocycles. The Kier molecular flexibility index (Phi) is 6.29. The fraction of sp³-hybridized carbons (Fsp3) is 0.350. The number of nitrogens with one attached hydrogen (secondary N) is 1. The fourth-order valence-corrected chi connectivity index (χ4v) is 3.26. The van der Waals surface area contributed by atoms with Gasteiger partial charge in [-0.3, -0.25) is 9.59 Å². The first-order chi connectivity index (χ1) is 13.0. The van der Waals surface area contributed by atoms with E-state index in [1.54, 1.807) is 6.20 Å². The zero-order valence-corrected chi connectivity index (χ0v) is 16.1. The van der Waals surface area contributed by atoms with E-state index in [1.165, 1.54) is 0 Å². The summed E-state index contributed by atoms with van der Waals surface area (Å²) in [5.41, 5.74) is 1.97. The number of anilines is 2. The lowest BCUT2D eigenvalue weighted by atomic mass is 10.2. The molecule has 1 aromatic carbocycles. The Hall–Kier alpha value is -2.60. The molecule has 6 nitrogen and oxygen atoms in total. The van der Waals surface area contributed by atoms with Crippen molar-refractivity contribution in [3.05, 3.63) is 53.2 Å². The maximum absolute atomic E-state index is 12.4. The van der Waals surface area contributed by atoms with Gasteiger partial charge < -0.3 is 15.1 Å². The van der Waals surface area contributed by atoms with E-state index in [0.717, 1.165) is 24.3 Å². The minimum atomic E-state index is -0.192. The number of amides is 2. The summed E-state index contributed by atoms with van der Waals surface area (Å²) >= 11 is 6.05. The third-order valence-corrected chi connectivity index (χ3v) is 4.87. The van der Waals surface area contributed by atoms with Crippen molar-refractivity contribution in [1.29, 1.82) is 0 Å². The molecular formula is C20H23ClN4O2. The number of rotatable bonds is 5.